The molecule has 1 aromatic heterocycles. The van der Waals surface area contributed by atoms with Gasteiger partial charge in [-0.2, -0.15) is 0 Å². The number of benzene rings is 1. The number of aromatic amines is 1. The van der Waals surface area contributed by atoms with E-state index in [2.05, 4.69) is 34.3 Å². The van der Waals surface area contributed by atoms with Crippen LogP contribution in [-0.4, -0.2) is 68.8 Å². The second kappa shape index (κ2) is 7.23. The Bertz CT molecular complexity index is 704. The van der Waals surface area contributed by atoms with Crippen LogP contribution in [-0.2, 0) is 4.74 Å². The number of H-pyrrole nitrogens is 1. The standard InChI is InChI=1S/C18H26N4O2/c1-13(22-6-8-24-9-7-22)12-19-18(23)17-10-14-4-5-15(21(2)3)11-16(14)20-17/h4-5,10-11,13,20H,6-9,12H2,1-3H3,(H,19,23)/t13-/m0/s1. The van der Waals surface area contributed by atoms with E-state index >= 15 is 0 Å². The average molecular weight is 330 g/mol. The fourth-order valence-corrected chi connectivity index (χ4v) is 3.00. The van der Waals surface area contributed by atoms with E-state index in [4.69, 9.17) is 4.74 Å². The van der Waals surface area contributed by atoms with Gasteiger partial charge in [-0.15, -0.1) is 0 Å². The lowest BCUT2D eigenvalue weighted by atomic mass is 10.2. The van der Waals surface area contributed by atoms with E-state index in [1.165, 1.54) is 0 Å². The van der Waals surface area contributed by atoms with Gasteiger partial charge in [0.2, 0.25) is 0 Å². The van der Waals surface area contributed by atoms with Gasteiger partial charge in [0, 0.05) is 56.4 Å². The molecule has 0 aliphatic carbocycles. The Morgan fingerprint density at radius 1 is 1.33 bits per heavy atom. The van der Waals surface area contributed by atoms with Crippen LogP contribution in [0.25, 0.3) is 10.9 Å². The molecule has 1 aliphatic rings. The molecule has 3 rings (SSSR count). The molecule has 1 aromatic carbocycles. The quantitative estimate of drug-likeness (QED) is 0.876. The Hall–Kier alpha value is -2.05. The van der Waals surface area contributed by atoms with E-state index in [1.54, 1.807) is 0 Å². The van der Waals surface area contributed by atoms with Gasteiger partial charge in [-0.3, -0.25) is 9.69 Å². The number of hydrogen-bond donors (Lipinski definition) is 2. The van der Waals surface area contributed by atoms with Crippen LogP contribution < -0.4 is 10.2 Å². The molecule has 0 radical (unpaired) electrons. The zero-order chi connectivity index (χ0) is 17.1. The van der Waals surface area contributed by atoms with Gasteiger partial charge in [-0.05, 0) is 25.1 Å². The molecule has 0 bridgehead atoms. The maximum atomic E-state index is 12.4. The first-order valence-corrected chi connectivity index (χ1v) is 8.44. The predicted octanol–water partition coefficient (Wildman–Crippen LogP) is 1.68. The third-order valence-corrected chi connectivity index (χ3v) is 4.59. The fourth-order valence-electron chi connectivity index (χ4n) is 3.00. The van der Waals surface area contributed by atoms with Crippen molar-refractivity contribution in [1.82, 2.24) is 15.2 Å². The van der Waals surface area contributed by atoms with Crippen molar-refractivity contribution in [2.24, 2.45) is 0 Å². The van der Waals surface area contributed by atoms with Crippen LogP contribution in [0.3, 0.4) is 0 Å². The number of fused-ring (bicyclic) bond motifs is 1. The maximum absolute atomic E-state index is 12.4. The number of carbonyl (C=O) groups is 1. The first kappa shape index (κ1) is 16.8. The number of amides is 1. The molecule has 130 valence electrons. The van der Waals surface area contributed by atoms with E-state index < -0.39 is 0 Å². The molecule has 1 amide bonds. The van der Waals surface area contributed by atoms with E-state index in [0.717, 1.165) is 42.9 Å². The van der Waals surface area contributed by atoms with Crippen molar-refractivity contribution in [2.45, 2.75) is 13.0 Å². The molecule has 2 N–H and O–H groups in total. The number of nitrogens with zero attached hydrogens (tertiary/aromatic N) is 2. The molecule has 24 heavy (non-hydrogen) atoms. The number of rotatable bonds is 5. The molecule has 1 saturated heterocycles. The summed E-state index contributed by atoms with van der Waals surface area (Å²) in [6.07, 6.45) is 0. The average Bonchev–Trinajstić information content (AvgIpc) is 3.03. The van der Waals surface area contributed by atoms with Crippen LogP contribution in [0.15, 0.2) is 24.3 Å². The number of ether oxygens (including phenoxy) is 1. The van der Waals surface area contributed by atoms with Crippen molar-refractivity contribution >= 4 is 22.5 Å². The summed E-state index contributed by atoms with van der Waals surface area (Å²) in [5.41, 5.74) is 2.69. The second-order valence-electron chi connectivity index (χ2n) is 6.56. The van der Waals surface area contributed by atoms with Crippen LogP contribution in [0.1, 0.15) is 17.4 Å². The highest BCUT2D eigenvalue weighted by Crippen LogP contribution is 2.21. The van der Waals surface area contributed by atoms with E-state index in [9.17, 15) is 4.79 Å². The summed E-state index contributed by atoms with van der Waals surface area (Å²) in [4.78, 5) is 20.0. The Balaban J connectivity index is 1.63. The lowest BCUT2D eigenvalue weighted by molar-refractivity contribution is 0.0204. The summed E-state index contributed by atoms with van der Waals surface area (Å²) in [6.45, 7) is 6.17. The lowest BCUT2D eigenvalue weighted by Crippen LogP contribution is -2.47. The monoisotopic (exact) mass is 330 g/mol. The number of hydrogen-bond acceptors (Lipinski definition) is 4. The van der Waals surface area contributed by atoms with Crippen molar-refractivity contribution in [3.05, 3.63) is 30.0 Å². The number of carbonyl (C=O) groups excluding carboxylic acids is 1. The SMILES string of the molecule is C[C@@H](CNC(=O)c1cc2ccc(N(C)C)cc2[nH]1)N1CCOCC1. The van der Waals surface area contributed by atoms with Gasteiger partial charge in [0.15, 0.2) is 0 Å². The molecule has 0 spiro atoms. The molecular formula is C18H26N4O2. The van der Waals surface area contributed by atoms with E-state index in [1.807, 2.05) is 31.1 Å². The van der Waals surface area contributed by atoms with Crippen LogP contribution in [0.4, 0.5) is 5.69 Å². The van der Waals surface area contributed by atoms with Crippen LogP contribution in [0.5, 0.6) is 0 Å². The van der Waals surface area contributed by atoms with Crippen molar-refractivity contribution in [3.8, 4) is 0 Å². The topological polar surface area (TPSA) is 60.6 Å². The third kappa shape index (κ3) is 3.71. The molecule has 2 aromatic rings. The minimum Gasteiger partial charge on any atom is -0.379 e. The number of nitrogens with one attached hydrogen (secondary N) is 2. The summed E-state index contributed by atoms with van der Waals surface area (Å²) >= 11 is 0. The summed E-state index contributed by atoms with van der Waals surface area (Å²) < 4.78 is 5.37. The molecule has 6 nitrogen and oxygen atoms in total. The van der Waals surface area contributed by atoms with Gasteiger partial charge >= 0.3 is 0 Å². The Kier molecular flexibility index (Phi) is 5.06. The molecule has 0 unspecified atom stereocenters. The molecule has 0 saturated carbocycles. The van der Waals surface area contributed by atoms with Gasteiger partial charge in [0.05, 0.1) is 13.2 Å². The van der Waals surface area contributed by atoms with E-state index in [-0.39, 0.29) is 5.91 Å². The molecule has 2 heterocycles. The zero-order valence-electron chi connectivity index (χ0n) is 14.6. The largest absolute Gasteiger partial charge is 0.379 e. The summed E-state index contributed by atoms with van der Waals surface area (Å²) in [7, 11) is 4.01. The van der Waals surface area contributed by atoms with Crippen LogP contribution >= 0.6 is 0 Å². The highest BCUT2D eigenvalue weighted by Gasteiger charge is 2.18. The third-order valence-electron chi connectivity index (χ3n) is 4.59. The smallest absolute Gasteiger partial charge is 0.267 e. The van der Waals surface area contributed by atoms with Gasteiger partial charge in [0.25, 0.3) is 5.91 Å². The fraction of sp³-hybridized carbons (Fsp3) is 0.500. The van der Waals surface area contributed by atoms with Crippen molar-refractivity contribution in [2.75, 3.05) is 51.8 Å². The number of aromatic nitrogens is 1. The first-order chi connectivity index (χ1) is 11.5. The van der Waals surface area contributed by atoms with E-state index in [0.29, 0.717) is 18.3 Å². The van der Waals surface area contributed by atoms with Crippen molar-refractivity contribution in [3.63, 3.8) is 0 Å². The predicted molar refractivity (Wildman–Crippen MR) is 96.8 cm³/mol. The highest BCUT2D eigenvalue weighted by molar-refractivity contribution is 5.98. The molecule has 1 fully saturated rings. The molecule has 1 atom stereocenters. The molecule has 6 heteroatoms. The zero-order valence-corrected chi connectivity index (χ0v) is 14.6. The summed E-state index contributed by atoms with van der Waals surface area (Å²) in [5.74, 6) is -0.0577. The molecule has 1 aliphatic heterocycles. The Morgan fingerprint density at radius 3 is 2.79 bits per heavy atom. The summed E-state index contributed by atoms with van der Waals surface area (Å²) in [6, 6.07) is 8.36. The molecular weight excluding hydrogens is 304 g/mol. The maximum Gasteiger partial charge on any atom is 0.267 e. The van der Waals surface area contributed by atoms with Gasteiger partial charge in [0.1, 0.15) is 5.69 Å². The summed E-state index contributed by atoms with van der Waals surface area (Å²) in [5, 5.41) is 4.08. The first-order valence-electron chi connectivity index (χ1n) is 8.44. The van der Waals surface area contributed by atoms with Crippen molar-refractivity contribution < 1.29 is 9.53 Å². The Labute approximate surface area is 142 Å². The minimum atomic E-state index is -0.0577. The number of morpholine rings is 1. The van der Waals surface area contributed by atoms with Crippen LogP contribution in [0.2, 0.25) is 0 Å². The van der Waals surface area contributed by atoms with Crippen molar-refractivity contribution in [1.29, 1.82) is 0 Å². The van der Waals surface area contributed by atoms with Gasteiger partial charge in [-0.1, -0.05) is 6.07 Å². The number of anilines is 1. The van der Waals surface area contributed by atoms with Gasteiger partial charge in [-0.25, -0.2) is 0 Å². The van der Waals surface area contributed by atoms with Crippen LogP contribution in [0, 0.1) is 0 Å². The van der Waals surface area contributed by atoms with Gasteiger partial charge < -0.3 is 19.9 Å². The lowest BCUT2D eigenvalue weighted by Gasteiger charge is -2.32. The highest BCUT2D eigenvalue weighted by atomic mass is 16.5. The second-order valence-corrected chi connectivity index (χ2v) is 6.56. The Morgan fingerprint density at radius 2 is 2.08 bits per heavy atom. The minimum absolute atomic E-state index is 0.0577. The normalized spacial score (nSPS) is 17.0.